The van der Waals surface area contributed by atoms with Crippen LogP contribution in [0.5, 0.6) is 0 Å². The second-order valence-electron chi connectivity index (χ2n) is 6.13. The Morgan fingerprint density at radius 1 is 0.821 bits per heavy atom. The van der Waals surface area contributed by atoms with Crippen LogP contribution in [-0.4, -0.2) is 42.7 Å². The first-order chi connectivity index (χ1) is 13.5. The summed E-state index contributed by atoms with van der Waals surface area (Å²) >= 11 is 0. The molecule has 0 aliphatic heterocycles. The molecule has 0 radical (unpaired) electrons. The van der Waals surface area contributed by atoms with Crippen LogP contribution >= 0.6 is 0 Å². The summed E-state index contributed by atoms with van der Waals surface area (Å²) in [7, 11) is 0.643. The lowest BCUT2D eigenvalue weighted by Crippen LogP contribution is -2.58. The maximum absolute atomic E-state index is 14.9. The van der Waals surface area contributed by atoms with Crippen LogP contribution in [0.15, 0.2) is 52.7 Å². The smallest absolute Gasteiger partial charge is 0.378 e. The van der Waals surface area contributed by atoms with Gasteiger partial charge in [0.25, 0.3) is 0 Å². The van der Waals surface area contributed by atoms with E-state index in [4.69, 9.17) is 13.3 Å². The largest absolute Gasteiger partial charge is 0.540 e. The third-order valence-corrected chi connectivity index (χ3v) is 7.00. The van der Waals surface area contributed by atoms with E-state index in [2.05, 4.69) is 10.2 Å². The second-order valence-corrected chi connectivity index (χ2v) is 8.65. The Morgan fingerprint density at radius 2 is 1.32 bits per heavy atom. The molecule has 0 spiro atoms. The molecule has 2 rings (SSSR count). The van der Waals surface area contributed by atoms with Crippen LogP contribution < -0.4 is 10.1 Å². The summed E-state index contributed by atoms with van der Waals surface area (Å²) in [5.41, 5.74) is 2.17. The first-order valence-corrected chi connectivity index (χ1v) is 11.1. The van der Waals surface area contributed by atoms with Crippen molar-refractivity contribution in [1.29, 1.82) is 0 Å². The number of hydrogen-bond acceptors (Lipinski definition) is 6. The van der Waals surface area contributed by atoms with Crippen molar-refractivity contribution < 1.29 is 17.7 Å². The third kappa shape index (κ3) is 5.45. The Morgan fingerprint density at radius 3 is 1.79 bits per heavy atom. The molecule has 2 aromatic rings. The fraction of sp³-hybridized carbons (Fsp3) is 0.400. The summed E-state index contributed by atoms with van der Waals surface area (Å²) < 4.78 is 32.2. The summed E-state index contributed by atoms with van der Waals surface area (Å²) in [5, 5.41) is 8.63. The number of rotatable bonds is 10. The number of hydrogen-bond donors (Lipinski definition) is 0. The average molecular weight is 406 g/mol. The van der Waals surface area contributed by atoms with Gasteiger partial charge in [0.15, 0.2) is 0 Å². The number of anilines is 1. The van der Waals surface area contributed by atoms with E-state index in [1.54, 1.807) is 12.1 Å². The summed E-state index contributed by atoms with van der Waals surface area (Å²) in [6, 6.07) is 12.3. The zero-order valence-electron chi connectivity index (χ0n) is 17.1. The Kier molecular flexibility index (Phi) is 8.25. The van der Waals surface area contributed by atoms with Gasteiger partial charge in [-0.25, -0.2) is 4.39 Å². The van der Waals surface area contributed by atoms with E-state index in [0.717, 1.165) is 5.69 Å². The molecule has 0 bridgehead atoms. The Labute approximate surface area is 167 Å². The lowest BCUT2D eigenvalue weighted by atomic mass is 10.3. The molecule has 0 fully saturated rings. The maximum Gasteiger partial charge on any atom is 0.540 e. The van der Waals surface area contributed by atoms with Crippen molar-refractivity contribution >= 4 is 31.1 Å². The molecule has 2 aromatic carbocycles. The van der Waals surface area contributed by atoms with E-state index in [0.29, 0.717) is 36.4 Å². The molecule has 0 N–H and O–H groups in total. The lowest BCUT2D eigenvalue weighted by molar-refractivity contribution is 0.0852. The molecule has 152 valence electrons. The molecule has 0 atom stereocenters. The number of nitrogens with zero attached hydrogens (tertiary/aromatic N) is 3. The van der Waals surface area contributed by atoms with Crippen LogP contribution in [-0.2, 0) is 13.3 Å². The molecule has 0 aliphatic rings. The van der Waals surface area contributed by atoms with Gasteiger partial charge < -0.3 is 18.2 Å². The van der Waals surface area contributed by atoms with Crippen molar-refractivity contribution in [3.05, 3.63) is 48.3 Å². The first kappa shape index (κ1) is 22.2. The van der Waals surface area contributed by atoms with Crippen LogP contribution in [0.25, 0.3) is 0 Å². The van der Waals surface area contributed by atoms with Crippen molar-refractivity contribution in [2.75, 3.05) is 38.8 Å². The molecular formula is C20H28FN3O3Si. The highest BCUT2D eigenvalue weighted by atomic mass is 28.4. The predicted molar refractivity (Wildman–Crippen MR) is 112 cm³/mol. The number of benzene rings is 2. The van der Waals surface area contributed by atoms with Crippen LogP contribution in [0, 0.1) is 5.82 Å². The lowest BCUT2D eigenvalue weighted by Gasteiger charge is -2.28. The minimum atomic E-state index is -3.30. The highest BCUT2D eigenvalue weighted by Crippen LogP contribution is 2.22. The molecule has 0 aromatic heterocycles. The molecule has 0 aliphatic carbocycles. The summed E-state index contributed by atoms with van der Waals surface area (Å²) in [5.74, 6) is -0.471. The molecule has 0 saturated heterocycles. The van der Waals surface area contributed by atoms with Crippen molar-refractivity contribution in [1.82, 2.24) is 0 Å². The SMILES string of the molecule is CCO[Si](OCC)(OCC)c1ccc(N=Nc2ccc(N(C)C)cc2)cc1F. The van der Waals surface area contributed by atoms with E-state index in [1.807, 2.05) is 64.0 Å². The summed E-state index contributed by atoms with van der Waals surface area (Å²) in [4.78, 5) is 2.00. The van der Waals surface area contributed by atoms with Gasteiger partial charge >= 0.3 is 8.80 Å². The standard InChI is InChI=1S/C20H28FN3O3Si/c1-6-25-28(26-7-2,27-8-3)20-14-11-17(15-19(20)21)23-22-16-9-12-18(13-10-16)24(4)5/h9-15H,6-8H2,1-5H3. The topological polar surface area (TPSA) is 55.6 Å². The third-order valence-electron chi connectivity index (χ3n) is 3.93. The van der Waals surface area contributed by atoms with Gasteiger partial charge in [-0.15, -0.1) is 0 Å². The van der Waals surface area contributed by atoms with Crippen LogP contribution in [0.1, 0.15) is 20.8 Å². The maximum atomic E-state index is 14.9. The molecular weight excluding hydrogens is 377 g/mol. The van der Waals surface area contributed by atoms with Gasteiger partial charge in [-0.05, 0) is 51.1 Å². The molecule has 0 amide bonds. The summed E-state index contributed by atoms with van der Waals surface area (Å²) in [6.07, 6.45) is 0. The second kappa shape index (κ2) is 10.4. The minimum Gasteiger partial charge on any atom is -0.378 e. The van der Waals surface area contributed by atoms with Gasteiger partial charge in [0.05, 0.1) is 16.6 Å². The van der Waals surface area contributed by atoms with Gasteiger partial charge in [0.1, 0.15) is 5.82 Å². The Bertz CT molecular complexity index is 768. The highest BCUT2D eigenvalue weighted by molar-refractivity contribution is 6.75. The van der Waals surface area contributed by atoms with Crippen molar-refractivity contribution in [3.8, 4) is 0 Å². The van der Waals surface area contributed by atoms with Gasteiger partial charge in [0, 0.05) is 45.7 Å². The predicted octanol–water partition coefficient (Wildman–Crippen LogP) is 4.56. The highest BCUT2D eigenvalue weighted by Gasteiger charge is 2.45. The molecule has 6 nitrogen and oxygen atoms in total. The van der Waals surface area contributed by atoms with Gasteiger partial charge in [-0.1, -0.05) is 6.07 Å². The first-order valence-electron chi connectivity index (χ1n) is 9.36. The van der Waals surface area contributed by atoms with Crippen LogP contribution in [0.4, 0.5) is 21.5 Å². The Balaban J connectivity index is 2.26. The van der Waals surface area contributed by atoms with E-state index < -0.39 is 14.6 Å². The monoisotopic (exact) mass is 405 g/mol. The molecule has 0 heterocycles. The summed E-state index contributed by atoms with van der Waals surface area (Å²) in [6.45, 7) is 6.62. The zero-order valence-corrected chi connectivity index (χ0v) is 18.1. The molecule has 28 heavy (non-hydrogen) atoms. The van der Waals surface area contributed by atoms with E-state index in [1.165, 1.54) is 6.07 Å². The van der Waals surface area contributed by atoms with Crippen molar-refractivity contribution in [2.45, 2.75) is 20.8 Å². The molecule has 8 heteroatoms. The van der Waals surface area contributed by atoms with Crippen LogP contribution in [0.3, 0.4) is 0 Å². The van der Waals surface area contributed by atoms with Gasteiger partial charge in [-0.2, -0.15) is 10.2 Å². The van der Waals surface area contributed by atoms with Crippen molar-refractivity contribution in [2.24, 2.45) is 10.2 Å². The zero-order chi connectivity index (χ0) is 20.6. The van der Waals surface area contributed by atoms with Crippen molar-refractivity contribution in [3.63, 3.8) is 0 Å². The quantitative estimate of drug-likeness (QED) is 0.429. The van der Waals surface area contributed by atoms with Gasteiger partial charge in [-0.3, -0.25) is 0 Å². The van der Waals surface area contributed by atoms with E-state index in [-0.39, 0.29) is 0 Å². The fourth-order valence-electron chi connectivity index (χ4n) is 2.68. The molecule has 0 unspecified atom stereocenters. The van der Waals surface area contributed by atoms with Gasteiger partial charge in [0.2, 0.25) is 0 Å². The van der Waals surface area contributed by atoms with Crippen LogP contribution in [0.2, 0.25) is 0 Å². The van der Waals surface area contributed by atoms with E-state index in [9.17, 15) is 4.39 Å². The minimum absolute atomic E-state index is 0.312. The normalized spacial score (nSPS) is 11.9. The van der Waals surface area contributed by atoms with E-state index >= 15 is 0 Å². The number of halogens is 1. The molecule has 0 saturated carbocycles. The average Bonchev–Trinajstić information content (AvgIpc) is 2.67. The Hall–Kier alpha value is -2.13. The number of azo groups is 1. The fourth-order valence-corrected chi connectivity index (χ4v) is 5.18.